The van der Waals surface area contributed by atoms with Crippen LogP contribution >= 0.6 is 0 Å². The van der Waals surface area contributed by atoms with Crippen LogP contribution in [0.25, 0.3) is 33.3 Å². The predicted molar refractivity (Wildman–Crippen MR) is 117 cm³/mol. The SMILES string of the molecule is c1cc2c(cc1-c1ccc3[nH]cc(-c4cncc(O[C@@H]5CCCNC5)n4)c3c1)OCO2. The molecule has 4 aromatic rings. The second-order valence-electron chi connectivity index (χ2n) is 7.86. The Bertz CT molecular complexity index is 1250. The zero-order valence-electron chi connectivity index (χ0n) is 16.9. The van der Waals surface area contributed by atoms with E-state index in [0.29, 0.717) is 5.88 Å². The third-order valence-electron chi connectivity index (χ3n) is 5.82. The molecule has 0 radical (unpaired) electrons. The summed E-state index contributed by atoms with van der Waals surface area (Å²) in [6, 6.07) is 12.4. The first-order chi connectivity index (χ1) is 15.3. The number of fused-ring (bicyclic) bond motifs is 2. The van der Waals surface area contributed by atoms with Crippen molar-refractivity contribution in [2.45, 2.75) is 18.9 Å². The first kappa shape index (κ1) is 18.2. The minimum Gasteiger partial charge on any atom is -0.472 e. The molecule has 2 N–H and O–H groups in total. The number of ether oxygens (including phenoxy) is 3. The molecular weight excluding hydrogens is 392 g/mol. The third kappa shape index (κ3) is 3.47. The molecule has 2 aromatic carbocycles. The normalized spacial score (nSPS) is 17.7. The fourth-order valence-corrected chi connectivity index (χ4v) is 4.21. The lowest BCUT2D eigenvalue weighted by atomic mass is 10.0. The van der Waals surface area contributed by atoms with E-state index in [-0.39, 0.29) is 12.9 Å². The van der Waals surface area contributed by atoms with Gasteiger partial charge in [-0.05, 0) is 54.8 Å². The highest BCUT2D eigenvalue weighted by Gasteiger charge is 2.17. The summed E-state index contributed by atoms with van der Waals surface area (Å²) >= 11 is 0. The van der Waals surface area contributed by atoms with Crippen LogP contribution in [0.5, 0.6) is 17.4 Å². The quantitative estimate of drug-likeness (QED) is 0.522. The number of hydrogen-bond donors (Lipinski definition) is 2. The van der Waals surface area contributed by atoms with E-state index in [1.54, 1.807) is 12.4 Å². The lowest BCUT2D eigenvalue weighted by Gasteiger charge is -2.23. The lowest BCUT2D eigenvalue weighted by molar-refractivity contribution is 0.160. The van der Waals surface area contributed by atoms with Crippen LogP contribution in [0.1, 0.15) is 12.8 Å². The molecule has 7 nitrogen and oxygen atoms in total. The molecule has 31 heavy (non-hydrogen) atoms. The number of H-pyrrole nitrogens is 1. The number of piperidine rings is 1. The van der Waals surface area contributed by atoms with Crippen molar-refractivity contribution in [3.05, 3.63) is 55.0 Å². The highest BCUT2D eigenvalue weighted by Crippen LogP contribution is 2.37. The number of hydrogen-bond acceptors (Lipinski definition) is 6. The molecule has 4 heterocycles. The molecule has 0 spiro atoms. The van der Waals surface area contributed by atoms with Gasteiger partial charge in [0.05, 0.1) is 18.1 Å². The largest absolute Gasteiger partial charge is 0.472 e. The molecule has 2 aromatic heterocycles. The number of benzene rings is 2. The Morgan fingerprint density at radius 1 is 1.00 bits per heavy atom. The van der Waals surface area contributed by atoms with Gasteiger partial charge in [-0.25, -0.2) is 4.98 Å². The van der Waals surface area contributed by atoms with Crippen molar-refractivity contribution in [1.82, 2.24) is 20.3 Å². The number of nitrogens with zero attached hydrogens (tertiary/aromatic N) is 2. The standard InChI is InChI=1S/C24H22N4O3/c1-2-17(10-25-7-1)31-24-13-26-12-21(28-24)19-11-27-20-5-3-15(8-18(19)20)16-4-6-22-23(9-16)30-14-29-22/h3-6,8-9,11-13,17,25,27H,1-2,7,10,14H2/t17-/m1/s1. The molecule has 1 atom stereocenters. The molecule has 0 amide bonds. The van der Waals surface area contributed by atoms with E-state index in [9.17, 15) is 0 Å². The van der Waals surface area contributed by atoms with Gasteiger partial charge in [-0.2, -0.15) is 0 Å². The van der Waals surface area contributed by atoms with Gasteiger partial charge in [0, 0.05) is 29.2 Å². The summed E-state index contributed by atoms with van der Waals surface area (Å²) in [4.78, 5) is 12.5. The van der Waals surface area contributed by atoms with Crippen LogP contribution < -0.4 is 19.5 Å². The molecule has 0 unspecified atom stereocenters. The fraction of sp³-hybridized carbons (Fsp3) is 0.250. The van der Waals surface area contributed by atoms with Crippen molar-refractivity contribution in [2.24, 2.45) is 0 Å². The zero-order valence-corrected chi connectivity index (χ0v) is 16.9. The Hall–Kier alpha value is -3.58. The van der Waals surface area contributed by atoms with E-state index >= 15 is 0 Å². The molecular formula is C24H22N4O3. The van der Waals surface area contributed by atoms with Crippen LogP contribution in [0.15, 0.2) is 55.0 Å². The number of nitrogens with one attached hydrogen (secondary N) is 2. The van der Waals surface area contributed by atoms with Gasteiger partial charge in [-0.15, -0.1) is 0 Å². The van der Waals surface area contributed by atoms with E-state index in [4.69, 9.17) is 19.2 Å². The molecule has 6 rings (SSSR count). The zero-order chi connectivity index (χ0) is 20.6. The van der Waals surface area contributed by atoms with E-state index in [0.717, 1.165) is 70.7 Å². The second kappa shape index (κ2) is 7.59. The number of aromatic nitrogens is 3. The van der Waals surface area contributed by atoms with Crippen LogP contribution in [0.2, 0.25) is 0 Å². The van der Waals surface area contributed by atoms with Gasteiger partial charge in [0.15, 0.2) is 11.5 Å². The first-order valence-corrected chi connectivity index (χ1v) is 10.5. The van der Waals surface area contributed by atoms with Crippen molar-refractivity contribution >= 4 is 10.9 Å². The molecule has 0 aliphatic carbocycles. The summed E-state index contributed by atoms with van der Waals surface area (Å²) in [5.74, 6) is 2.12. The Labute approximate surface area is 179 Å². The summed E-state index contributed by atoms with van der Waals surface area (Å²) in [5.41, 5.74) is 5.00. The second-order valence-corrected chi connectivity index (χ2v) is 7.86. The van der Waals surface area contributed by atoms with Gasteiger partial charge < -0.3 is 24.5 Å². The Morgan fingerprint density at radius 3 is 2.84 bits per heavy atom. The smallest absolute Gasteiger partial charge is 0.233 e. The Balaban J connectivity index is 1.34. The molecule has 156 valence electrons. The highest BCUT2D eigenvalue weighted by atomic mass is 16.7. The van der Waals surface area contributed by atoms with Gasteiger partial charge in [-0.3, -0.25) is 4.98 Å². The predicted octanol–water partition coefficient (Wildman–Crippen LogP) is 4.15. The summed E-state index contributed by atoms with van der Waals surface area (Å²) in [5, 5.41) is 4.45. The van der Waals surface area contributed by atoms with Gasteiger partial charge in [-0.1, -0.05) is 12.1 Å². The summed E-state index contributed by atoms with van der Waals surface area (Å²) in [6.07, 6.45) is 7.73. The first-order valence-electron chi connectivity index (χ1n) is 10.5. The van der Waals surface area contributed by atoms with Gasteiger partial charge in [0.1, 0.15) is 6.10 Å². The number of rotatable bonds is 4. The topological polar surface area (TPSA) is 81.3 Å². The summed E-state index contributed by atoms with van der Waals surface area (Å²) in [6.45, 7) is 2.16. The minimum atomic E-state index is 0.138. The van der Waals surface area contributed by atoms with Crippen LogP contribution in [0.3, 0.4) is 0 Å². The van der Waals surface area contributed by atoms with E-state index in [1.165, 1.54) is 0 Å². The maximum Gasteiger partial charge on any atom is 0.233 e. The van der Waals surface area contributed by atoms with E-state index < -0.39 is 0 Å². The van der Waals surface area contributed by atoms with Crippen molar-refractivity contribution in [3.63, 3.8) is 0 Å². The number of aromatic amines is 1. The third-order valence-corrected chi connectivity index (χ3v) is 5.82. The molecule has 7 heteroatoms. The molecule has 2 aliphatic heterocycles. The highest BCUT2D eigenvalue weighted by molar-refractivity contribution is 5.97. The van der Waals surface area contributed by atoms with Crippen LogP contribution in [-0.4, -0.2) is 40.9 Å². The van der Waals surface area contributed by atoms with Crippen LogP contribution in [0.4, 0.5) is 0 Å². The average molecular weight is 414 g/mol. The Morgan fingerprint density at radius 2 is 1.90 bits per heavy atom. The molecule has 1 saturated heterocycles. The maximum atomic E-state index is 6.07. The van der Waals surface area contributed by atoms with Gasteiger partial charge in [0.25, 0.3) is 0 Å². The van der Waals surface area contributed by atoms with Crippen molar-refractivity contribution in [1.29, 1.82) is 0 Å². The monoisotopic (exact) mass is 414 g/mol. The molecule has 1 fully saturated rings. The molecule has 2 aliphatic rings. The van der Waals surface area contributed by atoms with Crippen LogP contribution in [-0.2, 0) is 0 Å². The summed E-state index contributed by atoms with van der Waals surface area (Å²) in [7, 11) is 0. The summed E-state index contributed by atoms with van der Waals surface area (Å²) < 4.78 is 17.0. The van der Waals surface area contributed by atoms with E-state index in [1.807, 2.05) is 24.4 Å². The van der Waals surface area contributed by atoms with E-state index in [2.05, 4.69) is 33.5 Å². The van der Waals surface area contributed by atoms with Crippen molar-refractivity contribution < 1.29 is 14.2 Å². The van der Waals surface area contributed by atoms with Crippen molar-refractivity contribution in [2.75, 3.05) is 19.9 Å². The molecule has 0 saturated carbocycles. The minimum absolute atomic E-state index is 0.138. The maximum absolute atomic E-state index is 6.07. The van der Waals surface area contributed by atoms with Crippen molar-refractivity contribution in [3.8, 4) is 39.8 Å². The lowest BCUT2D eigenvalue weighted by Crippen LogP contribution is -2.37. The van der Waals surface area contributed by atoms with Gasteiger partial charge >= 0.3 is 0 Å². The average Bonchev–Trinajstić information content (AvgIpc) is 3.46. The van der Waals surface area contributed by atoms with Crippen LogP contribution in [0, 0.1) is 0 Å². The van der Waals surface area contributed by atoms with Gasteiger partial charge in [0.2, 0.25) is 12.7 Å². The fourth-order valence-electron chi connectivity index (χ4n) is 4.21. The Kier molecular flexibility index (Phi) is 4.46. The molecule has 0 bridgehead atoms.